The van der Waals surface area contributed by atoms with E-state index in [1.807, 2.05) is 0 Å². The summed E-state index contributed by atoms with van der Waals surface area (Å²) in [5, 5.41) is 30.2. The average Bonchev–Trinajstić information content (AvgIpc) is 2.44. The lowest BCUT2D eigenvalue weighted by molar-refractivity contribution is -0.127. The summed E-state index contributed by atoms with van der Waals surface area (Å²) in [6, 6.07) is 4.53. The van der Waals surface area contributed by atoms with Crippen molar-refractivity contribution in [3.63, 3.8) is 0 Å². The molecule has 1 rings (SSSR count). The highest BCUT2D eigenvalue weighted by molar-refractivity contribution is 6.35. The standard InChI is InChI=1S/C12H15Cl2NO5/c13-8-1-2-10(9(14)3-8)20-4-11(19)15-12(5-16,6-17)7-18/h1-3,16-18H,4-7H2,(H,15,19). The summed E-state index contributed by atoms with van der Waals surface area (Å²) >= 11 is 11.6. The number of hydrogen-bond donors (Lipinski definition) is 4. The Bertz CT molecular complexity index is 457. The molecule has 1 aromatic rings. The Morgan fingerprint density at radius 1 is 1.20 bits per heavy atom. The van der Waals surface area contributed by atoms with E-state index in [-0.39, 0.29) is 17.4 Å². The lowest BCUT2D eigenvalue weighted by Crippen LogP contribution is -2.58. The zero-order chi connectivity index (χ0) is 15.2. The van der Waals surface area contributed by atoms with Crippen molar-refractivity contribution in [3.8, 4) is 5.75 Å². The van der Waals surface area contributed by atoms with Crippen molar-refractivity contribution in [2.24, 2.45) is 0 Å². The SMILES string of the molecule is O=C(COc1ccc(Cl)cc1Cl)NC(CO)(CO)CO. The monoisotopic (exact) mass is 323 g/mol. The Hall–Kier alpha value is -1.05. The molecule has 0 radical (unpaired) electrons. The van der Waals surface area contributed by atoms with Gasteiger partial charge in [-0.15, -0.1) is 0 Å². The number of rotatable bonds is 7. The topological polar surface area (TPSA) is 99.0 Å². The van der Waals surface area contributed by atoms with E-state index in [1.54, 1.807) is 6.07 Å². The maximum absolute atomic E-state index is 11.6. The molecule has 1 amide bonds. The summed E-state index contributed by atoms with van der Waals surface area (Å²) in [6.45, 7) is -2.20. The maximum Gasteiger partial charge on any atom is 0.258 e. The molecule has 0 fully saturated rings. The van der Waals surface area contributed by atoms with Crippen LogP contribution in [0.1, 0.15) is 0 Å². The van der Waals surface area contributed by atoms with Gasteiger partial charge in [-0.1, -0.05) is 23.2 Å². The zero-order valence-electron chi connectivity index (χ0n) is 10.5. The van der Waals surface area contributed by atoms with Crippen molar-refractivity contribution in [2.45, 2.75) is 5.54 Å². The quantitative estimate of drug-likeness (QED) is 0.574. The fourth-order valence-electron chi connectivity index (χ4n) is 1.34. The number of aliphatic hydroxyl groups excluding tert-OH is 3. The van der Waals surface area contributed by atoms with Gasteiger partial charge in [-0.3, -0.25) is 4.79 Å². The lowest BCUT2D eigenvalue weighted by atomic mass is 10.0. The molecule has 1 aromatic carbocycles. The van der Waals surface area contributed by atoms with Crippen molar-refractivity contribution in [1.29, 1.82) is 0 Å². The summed E-state index contributed by atoms with van der Waals surface area (Å²) in [5.41, 5.74) is -1.48. The van der Waals surface area contributed by atoms with Gasteiger partial charge in [0.2, 0.25) is 0 Å². The Balaban J connectivity index is 2.59. The van der Waals surface area contributed by atoms with Crippen LogP contribution in [0.5, 0.6) is 5.75 Å². The van der Waals surface area contributed by atoms with Gasteiger partial charge in [0.15, 0.2) is 6.61 Å². The Morgan fingerprint density at radius 3 is 2.30 bits per heavy atom. The van der Waals surface area contributed by atoms with Crippen molar-refractivity contribution in [1.82, 2.24) is 5.32 Å². The van der Waals surface area contributed by atoms with E-state index in [4.69, 9.17) is 43.3 Å². The van der Waals surface area contributed by atoms with Crippen LogP contribution in [0.2, 0.25) is 10.0 Å². The molecule has 0 aliphatic heterocycles. The molecular formula is C12H15Cl2NO5. The van der Waals surface area contributed by atoms with Crippen LogP contribution in [0, 0.1) is 0 Å². The molecule has 0 atom stereocenters. The molecule has 4 N–H and O–H groups in total. The first kappa shape index (κ1) is 17.0. The van der Waals surface area contributed by atoms with Crippen LogP contribution in [-0.4, -0.2) is 53.2 Å². The highest BCUT2D eigenvalue weighted by Crippen LogP contribution is 2.27. The van der Waals surface area contributed by atoms with Crippen molar-refractivity contribution in [2.75, 3.05) is 26.4 Å². The van der Waals surface area contributed by atoms with Gasteiger partial charge < -0.3 is 25.4 Å². The van der Waals surface area contributed by atoms with Crippen molar-refractivity contribution < 1.29 is 24.9 Å². The van der Waals surface area contributed by atoms with Crippen LogP contribution in [0.15, 0.2) is 18.2 Å². The fraction of sp³-hybridized carbons (Fsp3) is 0.417. The van der Waals surface area contributed by atoms with Gasteiger partial charge in [0.05, 0.1) is 24.8 Å². The second kappa shape index (κ2) is 7.66. The van der Waals surface area contributed by atoms with Crippen LogP contribution in [0.4, 0.5) is 0 Å². The molecule has 0 unspecified atom stereocenters. The van der Waals surface area contributed by atoms with Crippen LogP contribution in [-0.2, 0) is 4.79 Å². The van der Waals surface area contributed by atoms with E-state index in [2.05, 4.69) is 5.32 Å². The third-order valence-corrected chi connectivity index (χ3v) is 3.10. The largest absolute Gasteiger partial charge is 0.482 e. The van der Waals surface area contributed by atoms with Gasteiger partial charge in [-0.05, 0) is 18.2 Å². The molecule has 0 heterocycles. The van der Waals surface area contributed by atoms with E-state index < -0.39 is 31.3 Å². The highest BCUT2D eigenvalue weighted by atomic mass is 35.5. The molecule has 0 bridgehead atoms. The van der Waals surface area contributed by atoms with Gasteiger partial charge in [0, 0.05) is 5.02 Å². The molecule has 0 saturated heterocycles. The first-order valence-corrected chi connectivity index (χ1v) is 6.43. The van der Waals surface area contributed by atoms with Gasteiger partial charge in [-0.2, -0.15) is 0 Å². The minimum atomic E-state index is -1.48. The molecule has 0 spiro atoms. The van der Waals surface area contributed by atoms with Crippen LogP contribution >= 0.6 is 23.2 Å². The predicted octanol–water partition coefficient (Wildman–Crippen LogP) is 0.204. The molecule has 0 aromatic heterocycles. The Labute approximate surface area is 125 Å². The van der Waals surface area contributed by atoms with E-state index in [9.17, 15) is 4.79 Å². The second-order valence-corrected chi connectivity index (χ2v) is 5.01. The molecule has 0 aliphatic rings. The van der Waals surface area contributed by atoms with Crippen LogP contribution in [0.25, 0.3) is 0 Å². The molecule has 20 heavy (non-hydrogen) atoms. The van der Waals surface area contributed by atoms with E-state index in [0.29, 0.717) is 5.02 Å². The fourth-order valence-corrected chi connectivity index (χ4v) is 1.80. The van der Waals surface area contributed by atoms with Gasteiger partial charge in [-0.25, -0.2) is 0 Å². The Morgan fingerprint density at radius 2 is 1.80 bits per heavy atom. The third-order valence-electron chi connectivity index (χ3n) is 2.57. The number of nitrogens with one attached hydrogen (secondary N) is 1. The summed E-state index contributed by atoms with van der Waals surface area (Å²) in [5.74, 6) is -0.345. The number of halogens is 2. The third kappa shape index (κ3) is 4.50. The van der Waals surface area contributed by atoms with Crippen LogP contribution in [0.3, 0.4) is 0 Å². The van der Waals surface area contributed by atoms with Gasteiger partial charge in [0.1, 0.15) is 11.3 Å². The lowest BCUT2D eigenvalue weighted by Gasteiger charge is -2.28. The number of hydrogen-bond acceptors (Lipinski definition) is 5. The van der Waals surface area contributed by atoms with E-state index >= 15 is 0 Å². The summed E-state index contributed by atoms with van der Waals surface area (Å²) in [7, 11) is 0. The predicted molar refractivity (Wildman–Crippen MR) is 74.1 cm³/mol. The Kier molecular flexibility index (Phi) is 6.51. The number of benzene rings is 1. The molecular weight excluding hydrogens is 309 g/mol. The first-order valence-electron chi connectivity index (χ1n) is 5.68. The minimum Gasteiger partial charge on any atom is -0.482 e. The summed E-state index contributed by atoms with van der Waals surface area (Å²) in [4.78, 5) is 11.6. The average molecular weight is 324 g/mol. The zero-order valence-corrected chi connectivity index (χ0v) is 12.0. The summed E-state index contributed by atoms with van der Waals surface area (Å²) < 4.78 is 5.19. The van der Waals surface area contributed by atoms with E-state index in [0.717, 1.165) is 0 Å². The molecule has 8 heteroatoms. The number of ether oxygens (including phenoxy) is 1. The second-order valence-electron chi connectivity index (χ2n) is 4.17. The van der Waals surface area contributed by atoms with Crippen molar-refractivity contribution >= 4 is 29.1 Å². The number of amides is 1. The maximum atomic E-state index is 11.6. The summed E-state index contributed by atoms with van der Waals surface area (Å²) in [6.07, 6.45) is 0. The normalized spacial score (nSPS) is 11.2. The van der Waals surface area contributed by atoms with Crippen LogP contribution < -0.4 is 10.1 Å². The number of carbonyl (C=O) groups is 1. The number of carbonyl (C=O) groups excluding carboxylic acids is 1. The van der Waals surface area contributed by atoms with E-state index in [1.165, 1.54) is 12.1 Å². The van der Waals surface area contributed by atoms with Crippen molar-refractivity contribution in [3.05, 3.63) is 28.2 Å². The molecule has 6 nitrogen and oxygen atoms in total. The van der Waals surface area contributed by atoms with Gasteiger partial charge in [0.25, 0.3) is 5.91 Å². The van der Waals surface area contributed by atoms with Gasteiger partial charge >= 0.3 is 0 Å². The molecule has 0 aliphatic carbocycles. The number of aliphatic hydroxyl groups is 3. The molecule has 112 valence electrons. The first-order chi connectivity index (χ1) is 9.46. The smallest absolute Gasteiger partial charge is 0.258 e. The molecule has 0 saturated carbocycles. The highest BCUT2D eigenvalue weighted by Gasteiger charge is 2.30. The minimum absolute atomic E-state index is 0.253.